The molecule has 6 heterocycles. The predicted molar refractivity (Wildman–Crippen MR) is 130 cm³/mol. The second-order valence-corrected chi connectivity index (χ2v) is 8.94. The third-order valence-corrected chi connectivity index (χ3v) is 6.35. The van der Waals surface area contributed by atoms with Gasteiger partial charge in [-0.05, 0) is 36.9 Å². The summed E-state index contributed by atoms with van der Waals surface area (Å²) in [4.78, 5) is 14.0. The number of aromatic nitrogens is 7. The van der Waals surface area contributed by atoms with Crippen LogP contribution in [0.2, 0.25) is 0 Å². The van der Waals surface area contributed by atoms with Gasteiger partial charge in [0.2, 0.25) is 0 Å². The average molecular weight is 454 g/mol. The molecule has 1 fully saturated rings. The Morgan fingerprint density at radius 1 is 0.912 bits per heavy atom. The molecule has 0 amide bonds. The second kappa shape index (κ2) is 8.85. The lowest BCUT2D eigenvalue weighted by Crippen LogP contribution is -2.43. The van der Waals surface area contributed by atoms with E-state index in [-0.39, 0.29) is 0 Å². The van der Waals surface area contributed by atoms with E-state index in [1.807, 2.05) is 52.4 Å². The van der Waals surface area contributed by atoms with Crippen LogP contribution in [0.3, 0.4) is 0 Å². The number of likely N-dealkylation sites (N-methyl/N-ethyl adjacent to an activating group) is 1. The van der Waals surface area contributed by atoms with E-state index in [1.165, 1.54) is 5.56 Å². The highest BCUT2D eigenvalue weighted by Crippen LogP contribution is 2.19. The molecule has 0 radical (unpaired) electrons. The zero-order valence-electron chi connectivity index (χ0n) is 19.2. The summed E-state index contributed by atoms with van der Waals surface area (Å²) in [7, 11) is 2.19. The fourth-order valence-electron chi connectivity index (χ4n) is 4.41. The number of hydrogen-bond acceptors (Lipinski definition) is 6. The summed E-state index contributed by atoms with van der Waals surface area (Å²) in [5.41, 5.74) is 5.91. The molecular formula is C25H27N9. The van der Waals surface area contributed by atoms with Crippen molar-refractivity contribution in [2.24, 2.45) is 0 Å². The molecule has 0 atom stereocenters. The molecule has 0 spiro atoms. The van der Waals surface area contributed by atoms with E-state index in [4.69, 9.17) is 4.98 Å². The predicted octanol–water partition coefficient (Wildman–Crippen LogP) is 2.57. The van der Waals surface area contributed by atoms with Gasteiger partial charge in [0.05, 0.1) is 30.3 Å². The Morgan fingerprint density at radius 2 is 1.76 bits per heavy atom. The number of fused-ring (bicyclic) bond motifs is 1. The van der Waals surface area contributed by atoms with Gasteiger partial charge in [-0.2, -0.15) is 0 Å². The molecule has 6 rings (SSSR count). The summed E-state index contributed by atoms with van der Waals surface area (Å²) < 4.78 is 5.96. The van der Waals surface area contributed by atoms with Gasteiger partial charge in [0.15, 0.2) is 0 Å². The van der Waals surface area contributed by atoms with Gasteiger partial charge in [-0.3, -0.25) is 9.88 Å². The quantitative estimate of drug-likeness (QED) is 0.394. The van der Waals surface area contributed by atoms with Crippen molar-refractivity contribution in [3.63, 3.8) is 0 Å². The van der Waals surface area contributed by atoms with Gasteiger partial charge in [-0.15, -0.1) is 5.10 Å². The molecule has 5 aromatic heterocycles. The number of pyridine rings is 2. The third-order valence-electron chi connectivity index (χ3n) is 6.35. The van der Waals surface area contributed by atoms with E-state index in [0.29, 0.717) is 6.54 Å². The number of piperazine rings is 1. The Hall–Kier alpha value is -3.82. The lowest BCUT2D eigenvalue weighted by Gasteiger charge is -2.32. The Kier molecular flexibility index (Phi) is 5.40. The maximum absolute atomic E-state index is 4.77. The first-order chi connectivity index (χ1) is 16.7. The van der Waals surface area contributed by atoms with Crippen LogP contribution in [0, 0.1) is 0 Å². The Bertz CT molecular complexity index is 1390. The van der Waals surface area contributed by atoms with Crippen LogP contribution in [-0.4, -0.2) is 77.0 Å². The minimum Gasteiger partial charge on any atom is -0.322 e. The van der Waals surface area contributed by atoms with Crippen LogP contribution >= 0.6 is 0 Å². The van der Waals surface area contributed by atoms with E-state index >= 15 is 0 Å². The molecular weight excluding hydrogens is 426 g/mol. The second-order valence-electron chi connectivity index (χ2n) is 8.94. The molecule has 5 aromatic rings. The summed E-state index contributed by atoms with van der Waals surface area (Å²) in [5.74, 6) is 0. The number of hydrogen-bond donors (Lipinski definition) is 0. The van der Waals surface area contributed by atoms with Crippen molar-refractivity contribution in [2.45, 2.75) is 13.1 Å². The largest absolute Gasteiger partial charge is 0.322 e. The monoisotopic (exact) mass is 453 g/mol. The van der Waals surface area contributed by atoms with E-state index < -0.39 is 0 Å². The van der Waals surface area contributed by atoms with Crippen molar-refractivity contribution in [2.75, 3.05) is 33.2 Å². The van der Waals surface area contributed by atoms with Crippen LogP contribution < -0.4 is 0 Å². The maximum Gasteiger partial charge on any atom is 0.137 e. The van der Waals surface area contributed by atoms with Crippen molar-refractivity contribution in [3.05, 3.63) is 85.0 Å². The lowest BCUT2D eigenvalue weighted by atomic mass is 10.2. The fraction of sp³-hybridized carbons (Fsp3) is 0.280. The van der Waals surface area contributed by atoms with Gasteiger partial charge in [-0.1, -0.05) is 11.3 Å². The molecule has 0 saturated carbocycles. The molecule has 1 aliphatic rings. The van der Waals surface area contributed by atoms with Crippen LogP contribution in [0.1, 0.15) is 11.3 Å². The topological polar surface area (TPSA) is 72.3 Å². The molecule has 9 heteroatoms. The van der Waals surface area contributed by atoms with Gasteiger partial charge in [0, 0.05) is 69.3 Å². The van der Waals surface area contributed by atoms with Gasteiger partial charge < -0.3 is 13.9 Å². The Morgan fingerprint density at radius 3 is 2.62 bits per heavy atom. The maximum atomic E-state index is 4.77. The average Bonchev–Trinajstić information content (AvgIpc) is 3.62. The third kappa shape index (κ3) is 4.35. The van der Waals surface area contributed by atoms with Crippen LogP contribution in [0.5, 0.6) is 0 Å². The molecule has 9 nitrogen and oxygen atoms in total. The van der Waals surface area contributed by atoms with Crippen LogP contribution in [-0.2, 0) is 13.1 Å². The summed E-state index contributed by atoms with van der Waals surface area (Å²) in [6.07, 6.45) is 13.9. The first-order valence-corrected chi connectivity index (χ1v) is 11.6. The van der Waals surface area contributed by atoms with Crippen LogP contribution in [0.25, 0.3) is 22.6 Å². The van der Waals surface area contributed by atoms with Gasteiger partial charge in [0.1, 0.15) is 11.3 Å². The first-order valence-electron chi connectivity index (χ1n) is 11.6. The minimum absolute atomic E-state index is 0.563. The van der Waals surface area contributed by atoms with Gasteiger partial charge in [0.25, 0.3) is 0 Å². The highest BCUT2D eigenvalue weighted by atomic mass is 15.4. The van der Waals surface area contributed by atoms with Crippen LogP contribution in [0.4, 0.5) is 0 Å². The van der Waals surface area contributed by atoms with Gasteiger partial charge >= 0.3 is 0 Å². The molecule has 0 unspecified atom stereocenters. The smallest absolute Gasteiger partial charge is 0.137 e. The number of imidazole rings is 1. The van der Waals surface area contributed by atoms with E-state index in [1.54, 1.807) is 0 Å². The SMILES string of the molecule is CN1CCN(Cc2ccc3nc(Cn4cc(-c5cncc(-n6cccc6)c5)nn4)cn3c2)CC1. The highest BCUT2D eigenvalue weighted by molar-refractivity contribution is 5.59. The molecule has 0 aromatic carbocycles. The Balaban J connectivity index is 1.17. The van der Waals surface area contributed by atoms with E-state index in [2.05, 4.69) is 67.1 Å². The Labute approximate surface area is 197 Å². The normalized spacial score (nSPS) is 15.3. The van der Waals surface area contributed by atoms with E-state index in [9.17, 15) is 0 Å². The fourth-order valence-corrected chi connectivity index (χ4v) is 4.41. The van der Waals surface area contributed by atoms with Crippen molar-refractivity contribution in [3.8, 4) is 16.9 Å². The molecule has 0 N–H and O–H groups in total. The summed E-state index contributed by atoms with van der Waals surface area (Å²) in [6.45, 7) is 6.02. The summed E-state index contributed by atoms with van der Waals surface area (Å²) >= 11 is 0. The van der Waals surface area contributed by atoms with Crippen LogP contribution in [0.15, 0.2) is 73.7 Å². The molecule has 34 heavy (non-hydrogen) atoms. The van der Waals surface area contributed by atoms with Crippen molar-refractivity contribution in [1.82, 2.24) is 43.7 Å². The van der Waals surface area contributed by atoms with Crippen molar-refractivity contribution in [1.29, 1.82) is 0 Å². The molecule has 1 aliphatic heterocycles. The number of rotatable bonds is 6. The standard InChI is InChI=1S/C25H27N9/c1-30-8-10-31(11-9-30)15-20-4-5-25-27-22(17-33(25)16-20)18-34-19-24(28-29-34)21-12-23(14-26-13-21)32-6-2-3-7-32/h2-7,12-14,16-17,19H,8-11,15,18H2,1H3. The molecule has 172 valence electrons. The first kappa shape index (κ1) is 20.8. The molecule has 1 saturated heterocycles. The van der Waals surface area contributed by atoms with Crippen molar-refractivity contribution >= 4 is 5.65 Å². The van der Waals surface area contributed by atoms with E-state index in [0.717, 1.165) is 61.0 Å². The van der Waals surface area contributed by atoms with Crippen molar-refractivity contribution < 1.29 is 0 Å². The zero-order chi connectivity index (χ0) is 22.9. The molecule has 0 aliphatic carbocycles. The molecule has 0 bridgehead atoms. The number of nitrogens with zero attached hydrogens (tertiary/aromatic N) is 9. The minimum atomic E-state index is 0.563. The summed E-state index contributed by atoms with van der Waals surface area (Å²) in [5, 5.41) is 8.69. The zero-order valence-corrected chi connectivity index (χ0v) is 19.2. The summed E-state index contributed by atoms with van der Waals surface area (Å²) in [6, 6.07) is 10.3. The highest BCUT2D eigenvalue weighted by Gasteiger charge is 2.14. The van der Waals surface area contributed by atoms with Gasteiger partial charge in [-0.25, -0.2) is 9.67 Å². The lowest BCUT2D eigenvalue weighted by molar-refractivity contribution is 0.148.